The van der Waals surface area contributed by atoms with Gasteiger partial charge in [0.2, 0.25) is 0 Å². The molecule has 26 heavy (non-hydrogen) atoms. The summed E-state index contributed by atoms with van der Waals surface area (Å²) >= 11 is 0. The van der Waals surface area contributed by atoms with Crippen molar-refractivity contribution >= 4 is 11.6 Å². The Morgan fingerprint density at radius 1 is 1.19 bits per heavy atom. The molecule has 1 aliphatic rings. The van der Waals surface area contributed by atoms with E-state index in [9.17, 15) is 4.79 Å². The van der Waals surface area contributed by atoms with Gasteiger partial charge in [-0.25, -0.2) is 9.97 Å². The lowest BCUT2D eigenvalue weighted by atomic mass is 9.75. The lowest BCUT2D eigenvalue weighted by molar-refractivity contribution is 0.0809. The minimum absolute atomic E-state index is 0.0541. The van der Waals surface area contributed by atoms with Crippen LogP contribution in [0.15, 0.2) is 46.9 Å². The number of nitrogens with zero attached hydrogens (tertiary/aromatic N) is 8. The largest absolute Gasteiger partial charge is 0.339 e. The molecule has 1 heterocycles. The van der Waals surface area contributed by atoms with Gasteiger partial charge in [0.05, 0.1) is 6.54 Å². The molecule has 1 fully saturated rings. The van der Waals surface area contributed by atoms with E-state index >= 15 is 0 Å². The predicted octanol–water partition coefficient (Wildman–Crippen LogP) is 4.04. The summed E-state index contributed by atoms with van der Waals surface area (Å²) in [5, 5.41) is 10.0. The van der Waals surface area contributed by atoms with Crippen molar-refractivity contribution in [3.05, 3.63) is 74.5 Å². The first-order chi connectivity index (χ1) is 12.7. The Kier molecular flexibility index (Phi) is 4.98. The maximum atomic E-state index is 12.8. The van der Waals surface area contributed by atoms with Crippen molar-refractivity contribution in [2.45, 2.75) is 31.3 Å². The molecule has 130 valence electrons. The zero-order chi connectivity index (χ0) is 18.4. The third kappa shape index (κ3) is 3.56. The van der Waals surface area contributed by atoms with Gasteiger partial charge >= 0.3 is 0 Å². The Hall–Kier alpha value is -3.61. The summed E-state index contributed by atoms with van der Waals surface area (Å²) in [7, 11) is 0. The van der Waals surface area contributed by atoms with E-state index in [4.69, 9.17) is 11.1 Å². The van der Waals surface area contributed by atoms with Gasteiger partial charge in [-0.05, 0) is 60.2 Å². The average Bonchev–Trinajstić information content (AvgIpc) is 2.63. The van der Waals surface area contributed by atoms with Crippen LogP contribution in [0.25, 0.3) is 20.9 Å². The SMILES string of the molecule is [N-]=[N+]=NCc1cc(N=[N+]=[N-])cc(C(=O)NC2(c3ncccn3)CCC2)c1. The highest BCUT2D eigenvalue weighted by molar-refractivity contribution is 5.95. The van der Waals surface area contributed by atoms with Crippen molar-refractivity contribution in [1.29, 1.82) is 0 Å². The lowest BCUT2D eigenvalue weighted by Gasteiger charge is -2.40. The van der Waals surface area contributed by atoms with Crippen LogP contribution in [0.4, 0.5) is 5.69 Å². The third-order valence-electron chi connectivity index (χ3n) is 4.27. The zero-order valence-electron chi connectivity index (χ0n) is 13.8. The first-order valence-corrected chi connectivity index (χ1v) is 7.97. The Balaban J connectivity index is 1.90. The van der Waals surface area contributed by atoms with Crippen molar-refractivity contribution in [1.82, 2.24) is 15.3 Å². The summed E-state index contributed by atoms with van der Waals surface area (Å²) in [4.78, 5) is 26.8. The minimum Gasteiger partial charge on any atom is -0.339 e. The second-order valence-corrected chi connectivity index (χ2v) is 5.93. The molecule has 3 rings (SSSR count). The van der Waals surface area contributed by atoms with E-state index in [2.05, 4.69) is 35.3 Å². The standard InChI is InChI=1S/C16H15N9O/c17-24-21-10-11-7-12(9-13(8-11)23-25-18)14(26)22-16(3-1-4-16)15-19-5-2-6-20-15/h2,5-9H,1,3-4,10H2,(H,22,26). The second-order valence-electron chi connectivity index (χ2n) is 5.93. The molecule has 1 amide bonds. The zero-order valence-corrected chi connectivity index (χ0v) is 13.8. The number of hydrogen-bond donors (Lipinski definition) is 1. The van der Waals surface area contributed by atoms with E-state index in [0.717, 1.165) is 19.3 Å². The molecule has 0 aliphatic heterocycles. The van der Waals surface area contributed by atoms with Gasteiger partial charge in [0.15, 0.2) is 5.82 Å². The highest BCUT2D eigenvalue weighted by Gasteiger charge is 2.42. The van der Waals surface area contributed by atoms with E-state index in [1.54, 1.807) is 30.6 Å². The van der Waals surface area contributed by atoms with Crippen molar-refractivity contribution < 1.29 is 4.79 Å². The first-order valence-electron chi connectivity index (χ1n) is 7.97. The van der Waals surface area contributed by atoms with Crippen LogP contribution in [0.3, 0.4) is 0 Å². The fraction of sp³-hybridized carbons (Fsp3) is 0.312. The van der Waals surface area contributed by atoms with E-state index in [0.29, 0.717) is 17.0 Å². The smallest absolute Gasteiger partial charge is 0.252 e. The van der Waals surface area contributed by atoms with E-state index in [-0.39, 0.29) is 18.1 Å². The molecule has 2 aromatic rings. The van der Waals surface area contributed by atoms with E-state index in [1.807, 2.05) is 0 Å². The third-order valence-corrected chi connectivity index (χ3v) is 4.27. The summed E-state index contributed by atoms with van der Waals surface area (Å²) in [6.45, 7) is 0.0541. The van der Waals surface area contributed by atoms with Gasteiger partial charge in [-0.2, -0.15) is 0 Å². The summed E-state index contributed by atoms with van der Waals surface area (Å²) in [5.74, 6) is 0.259. The summed E-state index contributed by atoms with van der Waals surface area (Å²) in [5.41, 5.74) is 17.7. The molecule has 1 saturated carbocycles. The number of carbonyl (C=O) groups is 1. The molecule has 10 nitrogen and oxygen atoms in total. The molecule has 1 aliphatic carbocycles. The van der Waals surface area contributed by atoms with Gasteiger partial charge in [0, 0.05) is 33.5 Å². The van der Waals surface area contributed by atoms with E-state index < -0.39 is 5.54 Å². The number of azide groups is 2. The topological polar surface area (TPSA) is 152 Å². The Labute approximate surface area is 148 Å². The second kappa shape index (κ2) is 7.52. The maximum Gasteiger partial charge on any atom is 0.252 e. The van der Waals surface area contributed by atoms with Crippen molar-refractivity contribution in [2.75, 3.05) is 0 Å². The van der Waals surface area contributed by atoms with Gasteiger partial charge in [-0.1, -0.05) is 10.2 Å². The summed E-state index contributed by atoms with van der Waals surface area (Å²) in [6.07, 6.45) is 5.78. The van der Waals surface area contributed by atoms with Crippen LogP contribution >= 0.6 is 0 Å². The number of benzene rings is 1. The number of rotatable bonds is 6. The maximum absolute atomic E-state index is 12.8. The minimum atomic E-state index is -0.586. The van der Waals surface area contributed by atoms with Crippen LogP contribution in [0.1, 0.15) is 41.0 Å². The summed E-state index contributed by atoms with van der Waals surface area (Å²) < 4.78 is 0. The molecule has 0 spiro atoms. The predicted molar refractivity (Wildman–Crippen MR) is 93.1 cm³/mol. The average molecular weight is 349 g/mol. The molecule has 10 heteroatoms. The highest BCUT2D eigenvalue weighted by Crippen LogP contribution is 2.39. The van der Waals surface area contributed by atoms with Gasteiger partial charge in [-0.15, -0.1) is 0 Å². The quantitative estimate of drug-likeness (QED) is 0.475. The fourth-order valence-electron chi connectivity index (χ4n) is 2.89. The number of hydrogen-bond acceptors (Lipinski definition) is 5. The number of amides is 1. The summed E-state index contributed by atoms with van der Waals surface area (Å²) in [6, 6.07) is 6.40. The highest BCUT2D eigenvalue weighted by atomic mass is 16.1. The van der Waals surface area contributed by atoms with Crippen LogP contribution in [-0.4, -0.2) is 15.9 Å². The van der Waals surface area contributed by atoms with Crippen LogP contribution in [0.5, 0.6) is 0 Å². The van der Waals surface area contributed by atoms with Crippen molar-refractivity contribution in [3.63, 3.8) is 0 Å². The van der Waals surface area contributed by atoms with E-state index in [1.165, 1.54) is 6.07 Å². The monoisotopic (exact) mass is 349 g/mol. The molecule has 0 saturated heterocycles. The van der Waals surface area contributed by atoms with Crippen LogP contribution in [-0.2, 0) is 12.1 Å². The molecule has 1 N–H and O–H groups in total. The molecule has 1 aromatic carbocycles. The molecule has 0 radical (unpaired) electrons. The fourth-order valence-corrected chi connectivity index (χ4v) is 2.89. The Morgan fingerprint density at radius 2 is 1.96 bits per heavy atom. The van der Waals surface area contributed by atoms with Crippen molar-refractivity contribution in [3.8, 4) is 0 Å². The molecule has 0 unspecified atom stereocenters. The van der Waals surface area contributed by atoms with Gasteiger partial charge < -0.3 is 5.32 Å². The number of carbonyl (C=O) groups excluding carboxylic acids is 1. The molecule has 1 aromatic heterocycles. The molecule has 0 bridgehead atoms. The van der Waals surface area contributed by atoms with Crippen LogP contribution in [0, 0.1) is 0 Å². The van der Waals surface area contributed by atoms with Gasteiger partial charge in [0.25, 0.3) is 5.91 Å². The number of nitrogens with one attached hydrogen (secondary N) is 1. The van der Waals surface area contributed by atoms with Gasteiger partial charge in [-0.3, -0.25) is 4.79 Å². The molecular weight excluding hydrogens is 334 g/mol. The lowest BCUT2D eigenvalue weighted by Crippen LogP contribution is -2.51. The normalized spacial score (nSPS) is 14.3. The molecule has 0 atom stereocenters. The Bertz CT molecular complexity index is 911. The van der Waals surface area contributed by atoms with Crippen molar-refractivity contribution in [2.24, 2.45) is 10.2 Å². The number of aromatic nitrogens is 2. The van der Waals surface area contributed by atoms with Crippen LogP contribution < -0.4 is 5.32 Å². The molecular formula is C16H15N9O. The van der Waals surface area contributed by atoms with Crippen LogP contribution in [0.2, 0.25) is 0 Å². The Morgan fingerprint density at radius 3 is 2.58 bits per heavy atom. The first kappa shape index (κ1) is 17.2. The van der Waals surface area contributed by atoms with Gasteiger partial charge in [0.1, 0.15) is 5.54 Å².